The zero-order valence-corrected chi connectivity index (χ0v) is 19.0. The summed E-state index contributed by atoms with van der Waals surface area (Å²) in [7, 11) is 0. The summed E-state index contributed by atoms with van der Waals surface area (Å²) in [6, 6.07) is 11.4. The maximum Gasteiger partial charge on any atom is 0.267 e. The number of fused-ring (bicyclic) bond motifs is 1. The fourth-order valence-corrected chi connectivity index (χ4v) is 4.40. The lowest BCUT2D eigenvalue weighted by atomic mass is 10.0. The van der Waals surface area contributed by atoms with E-state index in [9.17, 15) is 14.0 Å². The third-order valence-electron chi connectivity index (χ3n) is 5.94. The molecule has 176 valence electrons. The molecule has 1 saturated heterocycles. The van der Waals surface area contributed by atoms with Crippen LogP contribution in [-0.4, -0.2) is 65.7 Å². The Morgan fingerprint density at radius 1 is 1.03 bits per heavy atom. The minimum atomic E-state index is -0.743. The minimum Gasteiger partial charge on any atom is -0.485 e. The lowest BCUT2D eigenvalue weighted by molar-refractivity contribution is -0.142. The third-order valence-corrected chi connectivity index (χ3v) is 6.25. The molecule has 0 spiro atoms. The van der Waals surface area contributed by atoms with Crippen LogP contribution in [-0.2, 0) is 4.79 Å². The van der Waals surface area contributed by atoms with Crippen molar-refractivity contribution in [1.82, 2.24) is 15.0 Å². The molecule has 8 nitrogen and oxygen atoms in total. The van der Waals surface area contributed by atoms with E-state index in [-0.39, 0.29) is 46.0 Å². The van der Waals surface area contributed by atoms with Crippen LogP contribution in [0, 0.1) is 12.7 Å². The summed E-state index contributed by atoms with van der Waals surface area (Å²) in [6.07, 6.45) is -0.743. The number of ether oxygens (including phenoxy) is 2. The van der Waals surface area contributed by atoms with Crippen LogP contribution in [0.15, 0.2) is 47.0 Å². The fraction of sp³-hybridized carbons (Fsp3) is 0.292. The largest absolute Gasteiger partial charge is 0.485 e. The second-order valence-electron chi connectivity index (χ2n) is 8.04. The number of rotatable bonds is 3. The van der Waals surface area contributed by atoms with Crippen molar-refractivity contribution in [3.05, 3.63) is 64.6 Å². The zero-order valence-electron chi connectivity index (χ0n) is 18.3. The molecule has 0 bridgehead atoms. The van der Waals surface area contributed by atoms with Crippen LogP contribution < -0.4 is 9.47 Å². The Balaban J connectivity index is 1.28. The number of hydrogen-bond donors (Lipinski definition) is 0. The van der Waals surface area contributed by atoms with Crippen molar-refractivity contribution < 1.29 is 28.0 Å². The summed E-state index contributed by atoms with van der Waals surface area (Å²) < 4.78 is 31.2. The number of amides is 2. The molecule has 2 aliphatic rings. The highest BCUT2D eigenvalue weighted by Gasteiger charge is 2.35. The maximum atomic E-state index is 14.5. The highest BCUT2D eigenvalue weighted by molar-refractivity contribution is 6.33. The maximum absolute atomic E-state index is 14.5. The average Bonchev–Trinajstić information content (AvgIpc) is 3.23. The number of aryl methyl sites for hydroxylation is 1. The minimum absolute atomic E-state index is 0.0212. The molecule has 5 rings (SSSR count). The molecule has 1 atom stereocenters. The van der Waals surface area contributed by atoms with Crippen molar-refractivity contribution >= 4 is 23.4 Å². The van der Waals surface area contributed by atoms with Gasteiger partial charge in [-0.15, -0.1) is 0 Å². The van der Waals surface area contributed by atoms with E-state index in [4.69, 9.17) is 25.6 Å². The summed E-state index contributed by atoms with van der Waals surface area (Å²) in [6.45, 7) is 2.96. The number of piperazine rings is 1. The molecule has 2 aliphatic heterocycles. The first kappa shape index (κ1) is 22.2. The lowest BCUT2D eigenvalue weighted by Gasteiger charge is -2.37. The number of carbonyl (C=O) groups excluding carboxylic acids is 2. The number of aromatic nitrogens is 1. The van der Waals surface area contributed by atoms with E-state index in [0.717, 1.165) is 0 Å². The van der Waals surface area contributed by atoms with E-state index in [0.29, 0.717) is 37.7 Å². The molecule has 0 N–H and O–H groups in total. The standard InChI is InChI=1S/C24H21ClFN3O5/c1-14-20(22(27-34-14)21-15(25)5-4-6-16(21)26)24(31)29-11-9-28(10-12-29)23(30)19-13-32-17-7-2-3-8-18(17)33-19/h2-8,19H,9-13H2,1H3/t19-/m1/s1. The van der Waals surface area contributed by atoms with Gasteiger partial charge in [0.05, 0.1) is 10.6 Å². The van der Waals surface area contributed by atoms with Crippen molar-refractivity contribution in [2.24, 2.45) is 0 Å². The van der Waals surface area contributed by atoms with Gasteiger partial charge in [-0.25, -0.2) is 4.39 Å². The van der Waals surface area contributed by atoms with Crippen molar-refractivity contribution in [3.8, 4) is 22.8 Å². The molecule has 1 fully saturated rings. The number of carbonyl (C=O) groups is 2. The normalized spacial score (nSPS) is 17.6. The van der Waals surface area contributed by atoms with Crippen LogP contribution in [0.5, 0.6) is 11.5 Å². The van der Waals surface area contributed by atoms with Crippen LogP contribution in [0.3, 0.4) is 0 Å². The Morgan fingerprint density at radius 2 is 1.74 bits per heavy atom. The van der Waals surface area contributed by atoms with E-state index in [2.05, 4.69) is 5.16 Å². The van der Waals surface area contributed by atoms with E-state index in [1.54, 1.807) is 28.9 Å². The van der Waals surface area contributed by atoms with Crippen LogP contribution in [0.1, 0.15) is 16.1 Å². The molecule has 0 saturated carbocycles. The summed E-state index contributed by atoms with van der Waals surface area (Å²) in [5.74, 6) is 0.263. The summed E-state index contributed by atoms with van der Waals surface area (Å²) in [4.78, 5) is 29.5. The molecule has 10 heteroatoms. The number of hydrogen-bond acceptors (Lipinski definition) is 6. The van der Waals surface area contributed by atoms with Gasteiger partial charge in [-0.2, -0.15) is 0 Å². The van der Waals surface area contributed by atoms with Gasteiger partial charge in [0.2, 0.25) is 6.10 Å². The van der Waals surface area contributed by atoms with Gasteiger partial charge in [-0.05, 0) is 31.2 Å². The Bertz CT molecular complexity index is 1230. The van der Waals surface area contributed by atoms with Gasteiger partial charge in [-0.3, -0.25) is 9.59 Å². The van der Waals surface area contributed by atoms with Crippen LogP contribution in [0.2, 0.25) is 5.02 Å². The smallest absolute Gasteiger partial charge is 0.267 e. The lowest BCUT2D eigenvalue weighted by Crippen LogP contribution is -2.55. The Morgan fingerprint density at radius 3 is 2.47 bits per heavy atom. The Kier molecular flexibility index (Phi) is 5.87. The van der Waals surface area contributed by atoms with E-state index < -0.39 is 11.9 Å². The number of halogens is 2. The van der Waals surface area contributed by atoms with Crippen molar-refractivity contribution in [2.45, 2.75) is 13.0 Å². The molecule has 34 heavy (non-hydrogen) atoms. The predicted octanol–water partition coefficient (Wildman–Crippen LogP) is 3.57. The third kappa shape index (κ3) is 3.96. The van der Waals surface area contributed by atoms with Gasteiger partial charge in [0, 0.05) is 26.2 Å². The molecular weight excluding hydrogens is 465 g/mol. The fourth-order valence-electron chi connectivity index (χ4n) is 4.15. The average molecular weight is 486 g/mol. The summed E-state index contributed by atoms with van der Waals surface area (Å²) in [5, 5.41) is 4.04. The summed E-state index contributed by atoms with van der Waals surface area (Å²) in [5.41, 5.74) is 0.246. The monoisotopic (exact) mass is 485 g/mol. The first-order valence-corrected chi connectivity index (χ1v) is 11.2. The molecule has 2 aromatic carbocycles. The van der Waals surface area contributed by atoms with Gasteiger partial charge in [0.1, 0.15) is 29.4 Å². The summed E-state index contributed by atoms with van der Waals surface area (Å²) >= 11 is 6.18. The molecule has 3 aromatic rings. The SMILES string of the molecule is Cc1onc(-c2c(F)cccc2Cl)c1C(=O)N1CCN(C(=O)[C@H]2COc3ccccc3O2)CC1. The van der Waals surface area contributed by atoms with Crippen molar-refractivity contribution in [1.29, 1.82) is 0 Å². The highest BCUT2D eigenvalue weighted by atomic mass is 35.5. The number of nitrogens with zero attached hydrogens (tertiary/aromatic N) is 3. The molecule has 1 aromatic heterocycles. The van der Waals surface area contributed by atoms with Crippen molar-refractivity contribution in [2.75, 3.05) is 32.8 Å². The van der Waals surface area contributed by atoms with Gasteiger partial charge in [-0.1, -0.05) is 35.0 Å². The van der Waals surface area contributed by atoms with Gasteiger partial charge in [0.25, 0.3) is 11.8 Å². The second-order valence-corrected chi connectivity index (χ2v) is 8.45. The van der Waals surface area contributed by atoms with E-state index >= 15 is 0 Å². The molecular formula is C24H21ClFN3O5. The number of benzene rings is 2. The van der Waals surface area contributed by atoms with Crippen molar-refractivity contribution in [3.63, 3.8) is 0 Å². The first-order valence-electron chi connectivity index (χ1n) is 10.8. The molecule has 0 unspecified atom stereocenters. The van der Waals surface area contributed by atoms with Gasteiger partial charge < -0.3 is 23.8 Å². The van der Waals surface area contributed by atoms with Crippen LogP contribution in [0.4, 0.5) is 4.39 Å². The Labute approximate surface area is 199 Å². The molecule has 2 amide bonds. The van der Waals surface area contributed by atoms with Gasteiger partial charge >= 0.3 is 0 Å². The zero-order chi connectivity index (χ0) is 23.8. The molecule has 0 aliphatic carbocycles. The molecule has 0 radical (unpaired) electrons. The highest BCUT2D eigenvalue weighted by Crippen LogP contribution is 2.34. The predicted molar refractivity (Wildman–Crippen MR) is 120 cm³/mol. The van der Waals surface area contributed by atoms with E-state index in [1.165, 1.54) is 18.2 Å². The Hall–Kier alpha value is -3.59. The molecule has 3 heterocycles. The quantitative estimate of drug-likeness (QED) is 0.564. The van der Waals surface area contributed by atoms with Crippen LogP contribution >= 0.6 is 11.6 Å². The first-order chi connectivity index (χ1) is 16.4. The van der Waals surface area contributed by atoms with Gasteiger partial charge in [0.15, 0.2) is 11.5 Å². The van der Waals surface area contributed by atoms with E-state index in [1.807, 2.05) is 12.1 Å². The number of para-hydroxylation sites is 2. The second kappa shape index (κ2) is 8.98. The van der Waals surface area contributed by atoms with Crippen LogP contribution in [0.25, 0.3) is 11.3 Å². The topological polar surface area (TPSA) is 85.1 Å².